The molecule has 0 spiro atoms. The van der Waals surface area contributed by atoms with E-state index in [-0.39, 0.29) is 18.2 Å². The van der Waals surface area contributed by atoms with Crippen molar-refractivity contribution in [3.05, 3.63) is 18.5 Å². The Morgan fingerprint density at radius 3 is 3.22 bits per heavy atom. The summed E-state index contributed by atoms with van der Waals surface area (Å²) in [4.78, 5) is 14.0. The Kier molecular flexibility index (Phi) is 3.70. The molecule has 2 atom stereocenters. The van der Waals surface area contributed by atoms with Crippen molar-refractivity contribution in [2.45, 2.75) is 25.0 Å². The van der Waals surface area contributed by atoms with Gasteiger partial charge in [0.15, 0.2) is 5.65 Å². The molecule has 23 heavy (non-hydrogen) atoms. The molecule has 9 nitrogen and oxygen atoms in total. The first-order chi connectivity index (χ1) is 11.3. The van der Waals surface area contributed by atoms with Gasteiger partial charge in [0.2, 0.25) is 0 Å². The zero-order chi connectivity index (χ0) is 15.6. The van der Waals surface area contributed by atoms with Crippen molar-refractivity contribution in [2.75, 3.05) is 31.2 Å². The molecule has 1 amide bonds. The Morgan fingerprint density at radius 2 is 2.35 bits per heavy atom. The third kappa shape index (κ3) is 3.04. The lowest BCUT2D eigenvalue weighted by Crippen LogP contribution is -2.39. The second-order valence-corrected chi connectivity index (χ2v) is 5.79. The number of anilines is 1. The van der Waals surface area contributed by atoms with Crippen LogP contribution in [0.15, 0.2) is 18.5 Å². The zero-order valence-electron chi connectivity index (χ0n) is 12.6. The molecule has 2 fully saturated rings. The van der Waals surface area contributed by atoms with Gasteiger partial charge >= 0.3 is 6.09 Å². The van der Waals surface area contributed by atoms with Crippen LogP contribution in [0.5, 0.6) is 0 Å². The Balaban J connectivity index is 1.34. The monoisotopic (exact) mass is 318 g/mol. The fourth-order valence-electron chi connectivity index (χ4n) is 2.93. The predicted octanol–water partition coefficient (Wildman–Crippen LogP) is 0.218. The smallest absolute Gasteiger partial charge is 0.407 e. The van der Waals surface area contributed by atoms with Crippen molar-refractivity contribution in [1.29, 1.82) is 0 Å². The van der Waals surface area contributed by atoms with Crippen LogP contribution in [0, 0.1) is 0 Å². The van der Waals surface area contributed by atoms with E-state index in [0.717, 1.165) is 25.2 Å². The van der Waals surface area contributed by atoms with Gasteiger partial charge in [-0.15, -0.1) is 15.3 Å². The third-order valence-corrected chi connectivity index (χ3v) is 4.14. The maximum Gasteiger partial charge on any atom is 0.407 e. The van der Waals surface area contributed by atoms with Crippen LogP contribution in [0.4, 0.5) is 10.6 Å². The molecule has 0 aliphatic carbocycles. The van der Waals surface area contributed by atoms with Crippen LogP contribution in [0.2, 0.25) is 0 Å². The molecule has 2 aliphatic heterocycles. The number of aromatic nitrogens is 4. The molecule has 9 heteroatoms. The number of carbonyl (C=O) groups excluding carboxylic acids is 1. The van der Waals surface area contributed by atoms with Crippen LogP contribution in [0.1, 0.15) is 12.8 Å². The number of ether oxygens (including phenoxy) is 2. The number of amides is 1. The van der Waals surface area contributed by atoms with E-state index in [2.05, 4.69) is 25.5 Å². The highest BCUT2D eigenvalue weighted by molar-refractivity contribution is 5.68. The Labute approximate surface area is 132 Å². The van der Waals surface area contributed by atoms with Crippen molar-refractivity contribution in [3.8, 4) is 0 Å². The van der Waals surface area contributed by atoms with Crippen molar-refractivity contribution >= 4 is 17.6 Å². The largest absolute Gasteiger partial charge is 0.444 e. The minimum atomic E-state index is -0.366. The maximum absolute atomic E-state index is 11.9. The summed E-state index contributed by atoms with van der Waals surface area (Å²) in [5, 5.41) is 15.1. The summed E-state index contributed by atoms with van der Waals surface area (Å²) in [6.07, 6.45) is 2.72. The molecule has 4 heterocycles. The van der Waals surface area contributed by atoms with Crippen molar-refractivity contribution in [1.82, 2.24) is 25.1 Å². The summed E-state index contributed by atoms with van der Waals surface area (Å²) < 4.78 is 12.2. The Morgan fingerprint density at radius 1 is 1.39 bits per heavy atom. The number of hydrogen-bond donors (Lipinski definition) is 1. The highest BCUT2D eigenvalue weighted by atomic mass is 16.6. The first-order valence-corrected chi connectivity index (χ1v) is 7.75. The van der Waals surface area contributed by atoms with E-state index in [1.165, 1.54) is 0 Å². The van der Waals surface area contributed by atoms with Gasteiger partial charge in [0.25, 0.3) is 0 Å². The molecule has 0 saturated carbocycles. The van der Waals surface area contributed by atoms with Gasteiger partial charge in [0.1, 0.15) is 18.2 Å². The highest BCUT2D eigenvalue weighted by Crippen LogP contribution is 2.18. The van der Waals surface area contributed by atoms with Gasteiger partial charge in [-0.25, -0.2) is 4.79 Å². The summed E-state index contributed by atoms with van der Waals surface area (Å²) in [6, 6.07) is 3.86. The molecular weight excluding hydrogens is 300 g/mol. The zero-order valence-corrected chi connectivity index (χ0v) is 12.6. The number of carbonyl (C=O) groups is 1. The van der Waals surface area contributed by atoms with Gasteiger partial charge < -0.3 is 19.7 Å². The van der Waals surface area contributed by atoms with E-state index >= 15 is 0 Å². The van der Waals surface area contributed by atoms with Gasteiger partial charge in [-0.05, 0) is 18.6 Å². The summed E-state index contributed by atoms with van der Waals surface area (Å²) in [7, 11) is 0. The lowest BCUT2D eigenvalue weighted by molar-refractivity contribution is 0.0813. The number of hydrogen-bond acceptors (Lipinski definition) is 7. The summed E-state index contributed by atoms with van der Waals surface area (Å²) >= 11 is 0. The van der Waals surface area contributed by atoms with Crippen molar-refractivity contribution in [2.24, 2.45) is 0 Å². The van der Waals surface area contributed by atoms with Crippen LogP contribution in [-0.2, 0) is 9.47 Å². The minimum absolute atomic E-state index is 0.0585. The molecule has 2 saturated heterocycles. The highest BCUT2D eigenvalue weighted by Gasteiger charge is 2.27. The first kappa shape index (κ1) is 14.2. The van der Waals surface area contributed by atoms with E-state index in [1.54, 1.807) is 10.8 Å². The summed E-state index contributed by atoms with van der Waals surface area (Å²) in [5.74, 6) is 0.846. The van der Waals surface area contributed by atoms with Gasteiger partial charge in [-0.1, -0.05) is 0 Å². The van der Waals surface area contributed by atoms with Gasteiger partial charge in [-0.3, -0.25) is 0 Å². The fraction of sp³-hybridized carbons (Fsp3) is 0.571. The normalized spacial score (nSPS) is 24.3. The van der Waals surface area contributed by atoms with Gasteiger partial charge in [-0.2, -0.15) is 4.52 Å². The van der Waals surface area contributed by atoms with Gasteiger partial charge in [0, 0.05) is 19.5 Å². The topological polar surface area (TPSA) is 93.9 Å². The molecule has 0 unspecified atom stereocenters. The molecule has 1 N–H and O–H groups in total. The fourth-order valence-corrected chi connectivity index (χ4v) is 2.93. The number of alkyl carbamates (subject to hydrolysis) is 1. The lowest BCUT2D eigenvalue weighted by atomic mass is 10.3. The third-order valence-electron chi connectivity index (χ3n) is 4.14. The molecule has 2 aromatic heterocycles. The molecule has 0 radical (unpaired) electrons. The number of nitrogens with zero attached hydrogens (tertiary/aromatic N) is 5. The Hall–Kier alpha value is -2.42. The first-order valence-electron chi connectivity index (χ1n) is 7.75. The van der Waals surface area contributed by atoms with Crippen LogP contribution in [0.3, 0.4) is 0 Å². The molecule has 2 aliphatic rings. The summed E-state index contributed by atoms with van der Waals surface area (Å²) in [5.41, 5.74) is 0.713. The van der Waals surface area contributed by atoms with Gasteiger partial charge in [0.05, 0.1) is 19.3 Å². The average Bonchev–Trinajstić information content (AvgIpc) is 3.27. The second kappa shape index (κ2) is 5.99. The van der Waals surface area contributed by atoms with Crippen molar-refractivity contribution < 1.29 is 14.3 Å². The molecule has 4 rings (SSSR count). The van der Waals surface area contributed by atoms with E-state index in [9.17, 15) is 4.79 Å². The standard InChI is InChI=1S/C14H18N6O3/c21-14(23-11-4-6-22-8-11)16-10-3-5-19(7-10)13-2-1-12-17-15-9-20(12)18-13/h1-2,9-11H,3-8H2,(H,16,21)/t10-,11+/m1/s1. The molecule has 2 aromatic rings. The van der Waals surface area contributed by atoms with Crippen LogP contribution in [-0.4, -0.2) is 64.4 Å². The average molecular weight is 318 g/mol. The van der Waals surface area contributed by atoms with Crippen molar-refractivity contribution in [3.63, 3.8) is 0 Å². The number of fused-ring (bicyclic) bond motifs is 1. The molecule has 122 valence electrons. The number of nitrogens with one attached hydrogen (secondary N) is 1. The maximum atomic E-state index is 11.9. The van der Waals surface area contributed by atoms with Crippen LogP contribution < -0.4 is 10.2 Å². The second-order valence-electron chi connectivity index (χ2n) is 5.79. The lowest BCUT2D eigenvalue weighted by Gasteiger charge is -2.18. The molecule has 0 aromatic carbocycles. The summed E-state index contributed by atoms with van der Waals surface area (Å²) in [6.45, 7) is 2.69. The van der Waals surface area contributed by atoms with E-state index in [4.69, 9.17) is 9.47 Å². The minimum Gasteiger partial charge on any atom is -0.444 e. The predicted molar refractivity (Wildman–Crippen MR) is 80.2 cm³/mol. The number of rotatable bonds is 3. The van der Waals surface area contributed by atoms with E-state index in [1.807, 2.05) is 12.1 Å². The quantitative estimate of drug-likeness (QED) is 0.865. The SMILES string of the molecule is O=C(N[C@@H]1CCN(c2ccc3nncn3n2)C1)O[C@H]1CCOC1. The van der Waals surface area contributed by atoms with E-state index in [0.29, 0.717) is 25.4 Å². The van der Waals surface area contributed by atoms with Crippen LogP contribution in [0.25, 0.3) is 5.65 Å². The van der Waals surface area contributed by atoms with E-state index < -0.39 is 0 Å². The Bertz CT molecular complexity index is 699. The molecule has 0 bridgehead atoms. The molecular formula is C14H18N6O3. The van der Waals surface area contributed by atoms with Crippen LogP contribution >= 0.6 is 0 Å².